The highest BCUT2D eigenvalue weighted by Crippen LogP contribution is 2.40. The Labute approximate surface area is 240 Å². The number of thiazole rings is 1. The Morgan fingerprint density at radius 3 is 2.58 bits per heavy atom. The molecule has 0 radical (unpaired) electrons. The first-order valence-corrected chi connectivity index (χ1v) is 15.1. The Morgan fingerprint density at radius 1 is 1.10 bits per heavy atom. The van der Waals surface area contributed by atoms with E-state index in [2.05, 4.69) is 23.3 Å². The molecule has 2 saturated heterocycles. The summed E-state index contributed by atoms with van der Waals surface area (Å²) in [5, 5.41) is 12.7. The van der Waals surface area contributed by atoms with Crippen LogP contribution in [0, 0.1) is 25.2 Å². The second kappa shape index (κ2) is 11.6. The Balaban J connectivity index is 1.29. The van der Waals surface area contributed by atoms with Gasteiger partial charge in [0.2, 0.25) is 0 Å². The van der Waals surface area contributed by atoms with Gasteiger partial charge in [0.1, 0.15) is 12.4 Å². The van der Waals surface area contributed by atoms with Crippen molar-refractivity contribution in [3.8, 4) is 17.0 Å². The number of likely N-dealkylation sites (tertiary alicyclic amines) is 1. The first kappa shape index (κ1) is 28.1. The zero-order valence-corrected chi connectivity index (χ0v) is 24.7. The van der Waals surface area contributed by atoms with Crippen LogP contribution < -0.4 is 9.64 Å². The Hall–Kier alpha value is -3.39. The lowest BCUT2D eigenvalue weighted by Crippen LogP contribution is -2.48. The highest BCUT2D eigenvalue weighted by molar-refractivity contribution is 7.14. The van der Waals surface area contributed by atoms with Gasteiger partial charge >= 0.3 is 5.97 Å². The van der Waals surface area contributed by atoms with E-state index in [-0.39, 0.29) is 11.8 Å². The quantitative estimate of drug-likeness (QED) is 0.351. The van der Waals surface area contributed by atoms with Gasteiger partial charge in [0.05, 0.1) is 11.1 Å². The van der Waals surface area contributed by atoms with Crippen molar-refractivity contribution in [2.45, 2.75) is 60.0 Å². The Bertz CT molecular complexity index is 1400. The van der Waals surface area contributed by atoms with Crippen LogP contribution in [0.5, 0.6) is 5.75 Å². The van der Waals surface area contributed by atoms with Crippen molar-refractivity contribution in [2.75, 3.05) is 31.1 Å². The standard InChI is InChI=1S/C32H39N3O4S/c1-21-8-11-28(39-19-25-10-9-24(17-22(25)2)29(36)34-13-6-5-7-14-34)26(16-21)27-20-40-31(33-27)35-15-12-32(4,30(37)38)23(3)18-35/h8-11,16-17,20,23H,5-7,12-15,18-19H2,1-4H3,(H,37,38)/t23-,32-/m0/s1. The van der Waals surface area contributed by atoms with E-state index in [4.69, 9.17) is 9.72 Å². The molecule has 3 aromatic rings. The van der Waals surface area contributed by atoms with Gasteiger partial charge < -0.3 is 19.6 Å². The highest BCUT2D eigenvalue weighted by Gasteiger charge is 2.43. The number of anilines is 1. The summed E-state index contributed by atoms with van der Waals surface area (Å²) in [5.41, 5.74) is 5.05. The van der Waals surface area contributed by atoms with Crippen LogP contribution in [0.4, 0.5) is 5.13 Å². The van der Waals surface area contributed by atoms with Crippen LogP contribution in [-0.4, -0.2) is 53.0 Å². The number of amides is 1. The van der Waals surface area contributed by atoms with Crippen molar-refractivity contribution in [3.63, 3.8) is 0 Å². The average molecular weight is 562 g/mol. The van der Waals surface area contributed by atoms with Gasteiger partial charge in [-0.1, -0.05) is 24.6 Å². The van der Waals surface area contributed by atoms with Gasteiger partial charge in [-0.3, -0.25) is 9.59 Å². The normalized spacial score (nSPS) is 21.4. The molecule has 5 rings (SSSR count). The van der Waals surface area contributed by atoms with E-state index in [1.165, 1.54) is 6.42 Å². The molecule has 3 heterocycles. The molecule has 0 unspecified atom stereocenters. The smallest absolute Gasteiger partial charge is 0.309 e. The van der Waals surface area contributed by atoms with E-state index < -0.39 is 11.4 Å². The maximum atomic E-state index is 12.9. The Kier molecular flexibility index (Phi) is 8.17. The summed E-state index contributed by atoms with van der Waals surface area (Å²) in [6.45, 7) is 11.4. The van der Waals surface area contributed by atoms with E-state index in [9.17, 15) is 14.7 Å². The van der Waals surface area contributed by atoms with Gasteiger partial charge in [-0.15, -0.1) is 11.3 Å². The van der Waals surface area contributed by atoms with Crippen molar-refractivity contribution < 1.29 is 19.4 Å². The molecule has 2 aliphatic rings. The molecule has 1 amide bonds. The van der Waals surface area contributed by atoms with E-state index in [1.807, 2.05) is 56.0 Å². The number of carboxylic acid groups (broad SMARTS) is 1. The van der Waals surface area contributed by atoms with Crippen LogP contribution in [0.1, 0.15) is 66.6 Å². The van der Waals surface area contributed by atoms with E-state index in [0.717, 1.165) is 70.3 Å². The lowest BCUT2D eigenvalue weighted by atomic mass is 9.73. The van der Waals surface area contributed by atoms with Gasteiger partial charge in [-0.25, -0.2) is 4.98 Å². The molecular formula is C32H39N3O4S. The van der Waals surface area contributed by atoms with Gasteiger partial charge in [0, 0.05) is 42.7 Å². The Morgan fingerprint density at radius 2 is 1.88 bits per heavy atom. The van der Waals surface area contributed by atoms with Crippen molar-refractivity contribution in [2.24, 2.45) is 11.3 Å². The molecule has 1 N–H and O–H groups in total. The maximum Gasteiger partial charge on any atom is 0.309 e. The molecule has 7 nitrogen and oxygen atoms in total. The van der Waals surface area contributed by atoms with Crippen LogP contribution >= 0.6 is 11.3 Å². The number of aliphatic carboxylic acids is 1. The van der Waals surface area contributed by atoms with Crippen LogP contribution in [0.15, 0.2) is 41.8 Å². The minimum atomic E-state index is -0.723. The SMILES string of the molecule is Cc1ccc(OCc2ccc(C(=O)N3CCCCC3)cc2C)c(-c2csc(N3CC[C@](C)(C(=O)O)[C@@H](C)C3)n2)c1. The molecule has 2 atom stereocenters. The second-order valence-electron chi connectivity index (χ2n) is 11.6. The molecule has 0 aliphatic carbocycles. The predicted octanol–water partition coefficient (Wildman–Crippen LogP) is 6.57. The second-order valence-corrected chi connectivity index (χ2v) is 12.5. The zero-order valence-electron chi connectivity index (χ0n) is 23.9. The fraction of sp³-hybridized carbons (Fsp3) is 0.469. The van der Waals surface area contributed by atoms with E-state index >= 15 is 0 Å². The fourth-order valence-electron chi connectivity index (χ4n) is 5.66. The minimum Gasteiger partial charge on any atom is -0.488 e. The largest absolute Gasteiger partial charge is 0.488 e. The summed E-state index contributed by atoms with van der Waals surface area (Å²) in [7, 11) is 0. The summed E-state index contributed by atoms with van der Waals surface area (Å²) in [6, 6.07) is 12.0. The summed E-state index contributed by atoms with van der Waals surface area (Å²) < 4.78 is 6.35. The fourth-order valence-corrected chi connectivity index (χ4v) is 6.52. The molecule has 2 fully saturated rings. The third-order valence-electron chi connectivity index (χ3n) is 8.76. The zero-order chi connectivity index (χ0) is 28.4. The average Bonchev–Trinajstić information content (AvgIpc) is 3.44. The van der Waals surface area contributed by atoms with Crippen molar-refractivity contribution in [3.05, 3.63) is 64.0 Å². The molecule has 212 valence electrons. The number of carbonyl (C=O) groups is 2. The number of carboxylic acids is 1. The molecule has 0 saturated carbocycles. The minimum absolute atomic E-state index is 0.0220. The van der Waals surface area contributed by atoms with Crippen LogP contribution in [0.25, 0.3) is 11.3 Å². The summed E-state index contributed by atoms with van der Waals surface area (Å²) in [6.07, 6.45) is 3.96. The van der Waals surface area contributed by atoms with Gasteiger partial charge in [-0.05, 0) is 87.8 Å². The van der Waals surface area contributed by atoms with Crippen LogP contribution in [0.3, 0.4) is 0 Å². The van der Waals surface area contributed by atoms with Crippen LogP contribution in [-0.2, 0) is 11.4 Å². The number of benzene rings is 2. The van der Waals surface area contributed by atoms with E-state index in [1.54, 1.807) is 11.3 Å². The first-order chi connectivity index (χ1) is 19.2. The molecule has 0 spiro atoms. The van der Waals surface area contributed by atoms with E-state index in [0.29, 0.717) is 26.1 Å². The van der Waals surface area contributed by atoms with Gasteiger partial charge in [-0.2, -0.15) is 0 Å². The van der Waals surface area contributed by atoms with Gasteiger partial charge in [0.15, 0.2) is 5.13 Å². The van der Waals surface area contributed by atoms with Crippen molar-refractivity contribution in [1.29, 1.82) is 0 Å². The number of carbonyl (C=O) groups excluding carboxylic acids is 1. The first-order valence-electron chi connectivity index (χ1n) is 14.2. The number of nitrogens with zero attached hydrogens (tertiary/aromatic N) is 3. The number of ether oxygens (including phenoxy) is 1. The molecule has 40 heavy (non-hydrogen) atoms. The van der Waals surface area contributed by atoms with Crippen molar-refractivity contribution in [1.82, 2.24) is 9.88 Å². The number of hydrogen-bond acceptors (Lipinski definition) is 6. The third-order valence-corrected chi connectivity index (χ3v) is 9.66. The number of hydrogen-bond donors (Lipinski definition) is 1. The highest BCUT2D eigenvalue weighted by atomic mass is 32.1. The summed E-state index contributed by atoms with van der Waals surface area (Å²) in [4.78, 5) is 33.9. The maximum absolute atomic E-state index is 12.9. The number of rotatable bonds is 7. The third kappa shape index (κ3) is 5.73. The van der Waals surface area contributed by atoms with Crippen molar-refractivity contribution >= 4 is 28.3 Å². The summed E-state index contributed by atoms with van der Waals surface area (Å²) >= 11 is 1.58. The number of aromatic nitrogens is 1. The predicted molar refractivity (Wildman–Crippen MR) is 159 cm³/mol. The molecule has 1 aromatic heterocycles. The van der Waals surface area contributed by atoms with Gasteiger partial charge in [0.25, 0.3) is 5.91 Å². The lowest BCUT2D eigenvalue weighted by Gasteiger charge is -2.41. The lowest BCUT2D eigenvalue weighted by molar-refractivity contribution is -0.152. The molecule has 2 aromatic carbocycles. The molecule has 0 bridgehead atoms. The topological polar surface area (TPSA) is 83.0 Å². The number of piperidine rings is 2. The van der Waals surface area contributed by atoms with Crippen LogP contribution in [0.2, 0.25) is 0 Å². The monoisotopic (exact) mass is 561 g/mol. The molecule has 8 heteroatoms. The number of aryl methyl sites for hydroxylation is 2. The molecule has 2 aliphatic heterocycles. The summed E-state index contributed by atoms with van der Waals surface area (Å²) in [5.74, 6) is 0.181. The molecular weight excluding hydrogens is 522 g/mol.